The maximum atomic E-state index is 11.8. The van der Waals surface area contributed by atoms with Crippen LogP contribution in [0.25, 0.3) is 0 Å². The second-order valence-electron chi connectivity index (χ2n) is 5.92. The van der Waals surface area contributed by atoms with E-state index in [4.69, 9.17) is 9.84 Å². The van der Waals surface area contributed by atoms with Gasteiger partial charge in [-0.05, 0) is 31.1 Å². The van der Waals surface area contributed by atoms with Gasteiger partial charge in [-0.1, -0.05) is 13.8 Å². The second-order valence-corrected chi connectivity index (χ2v) is 5.92. The van der Waals surface area contributed by atoms with E-state index in [2.05, 4.69) is 24.5 Å². The van der Waals surface area contributed by atoms with Crippen LogP contribution in [0.2, 0.25) is 0 Å². The largest absolute Gasteiger partial charge is 0.481 e. The number of hydrogen-bond acceptors (Lipinski definition) is 3. The van der Waals surface area contributed by atoms with E-state index in [9.17, 15) is 9.59 Å². The topological polar surface area (TPSA) is 87.7 Å². The lowest BCUT2D eigenvalue weighted by molar-refractivity contribution is -0.139. The molecule has 3 unspecified atom stereocenters. The van der Waals surface area contributed by atoms with E-state index in [-0.39, 0.29) is 25.0 Å². The monoisotopic (exact) mass is 286 g/mol. The highest BCUT2D eigenvalue weighted by Gasteiger charge is 2.25. The maximum absolute atomic E-state index is 11.8. The van der Waals surface area contributed by atoms with Crippen molar-refractivity contribution >= 4 is 12.0 Å². The first-order chi connectivity index (χ1) is 9.40. The Balaban J connectivity index is 2.30. The third kappa shape index (κ3) is 6.23. The van der Waals surface area contributed by atoms with Crippen molar-refractivity contribution in [2.75, 3.05) is 13.7 Å². The Morgan fingerprint density at radius 2 is 1.85 bits per heavy atom. The van der Waals surface area contributed by atoms with Crippen molar-refractivity contribution in [1.29, 1.82) is 0 Å². The van der Waals surface area contributed by atoms with Gasteiger partial charge in [-0.2, -0.15) is 0 Å². The minimum atomic E-state index is -0.936. The molecule has 0 aromatic heterocycles. The number of rotatable bonds is 6. The number of carboxylic acid groups (broad SMARTS) is 1. The molecule has 1 fully saturated rings. The fraction of sp³-hybridized carbons (Fsp3) is 0.857. The number of urea groups is 1. The van der Waals surface area contributed by atoms with E-state index >= 15 is 0 Å². The Kier molecular flexibility index (Phi) is 6.78. The fourth-order valence-electron chi connectivity index (χ4n) is 2.94. The number of carboxylic acids is 1. The van der Waals surface area contributed by atoms with E-state index < -0.39 is 12.1 Å². The first-order valence-corrected chi connectivity index (χ1v) is 7.19. The Morgan fingerprint density at radius 1 is 1.25 bits per heavy atom. The number of amides is 2. The number of aliphatic carboxylic acids is 1. The van der Waals surface area contributed by atoms with Gasteiger partial charge in [-0.25, -0.2) is 4.79 Å². The predicted molar refractivity (Wildman–Crippen MR) is 75.6 cm³/mol. The van der Waals surface area contributed by atoms with Crippen LogP contribution in [0.1, 0.15) is 39.5 Å². The molecule has 0 aromatic rings. The predicted octanol–water partition coefficient (Wildman–Crippen LogP) is 1.60. The number of hydrogen-bond donors (Lipinski definition) is 3. The van der Waals surface area contributed by atoms with Crippen molar-refractivity contribution < 1.29 is 19.4 Å². The van der Waals surface area contributed by atoms with Gasteiger partial charge in [-0.15, -0.1) is 0 Å². The number of methoxy groups -OCH3 is 1. The third-order valence-corrected chi connectivity index (χ3v) is 3.74. The van der Waals surface area contributed by atoms with Crippen LogP contribution in [0.5, 0.6) is 0 Å². The molecular formula is C14H26N2O4. The van der Waals surface area contributed by atoms with Gasteiger partial charge in [0.2, 0.25) is 0 Å². The molecule has 1 aliphatic carbocycles. The van der Waals surface area contributed by atoms with Gasteiger partial charge < -0.3 is 20.5 Å². The third-order valence-electron chi connectivity index (χ3n) is 3.74. The van der Waals surface area contributed by atoms with E-state index in [0.29, 0.717) is 11.8 Å². The van der Waals surface area contributed by atoms with Gasteiger partial charge in [0, 0.05) is 19.7 Å². The summed E-state index contributed by atoms with van der Waals surface area (Å²) in [5, 5.41) is 14.3. The van der Waals surface area contributed by atoms with Crippen molar-refractivity contribution in [3.05, 3.63) is 0 Å². The van der Waals surface area contributed by atoms with Gasteiger partial charge in [-0.3, -0.25) is 4.79 Å². The minimum absolute atomic E-state index is 0.117. The van der Waals surface area contributed by atoms with Crippen molar-refractivity contribution in [2.45, 2.75) is 51.7 Å². The first-order valence-electron chi connectivity index (χ1n) is 7.19. The summed E-state index contributed by atoms with van der Waals surface area (Å²) in [5.74, 6) is 0.319. The molecule has 2 amide bonds. The van der Waals surface area contributed by atoms with Crippen LogP contribution in [-0.4, -0.2) is 42.9 Å². The number of carbonyl (C=O) groups excluding carboxylic acids is 1. The Labute approximate surface area is 120 Å². The quantitative estimate of drug-likeness (QED) is 0.692. The molecule has 0 spiro atoms. The summed E-state index contributed by atoms with van der Waals surface area (Å²) in [7, 11) is 1.44. The molecule has 0 heterocycles. The molecule has 0 aliphatic heterocycles. The van der Waals surface area contributed by atoms with Crippen LogP contribution in [-0.2, 0) is 9.53 Å². The zero-order chi connectivity index (χ0) is 15.1. The summed E-state index contributed by atoms with van der Waals surface area (Å²) < 4.78 is 5.01. The van der Waals surface area contributed by atoms with Crippen molar-refractivity contribution in [3.63, 3.8) is 0 Å². The SMILES string of the molecule is COC(CNC(=O)NC1CC(C)CC(C)C1)CC(=O)O. The van der Waals surface area contributed by atoms with Crippen LogP contribution >= 0.6 is 0 Å². The number of nitrogens with one attached hydrogen (secondary N) is 2. The molecule has 0 bridgehead atoms. The molecule has 3 atom stereocenters. The average Bonchev–Trinajstić information content (AvgIpc) is 2.32. The molecule has 116 valence electrons. The van der Waals surface area contributed by atoms with Crippen molar-refractivity contribution in [1.82, 2.24) is 10.6 Å². The molecule has 3 N–H and O–H groups in total. The normalized spacial score (nSPS) is 27.6. The second kappa shape index (κ2) is 8.09. The number of carbonyl (C=O) groups is 2. The van der Waals surface area contributed by atoms with Crippen molar-refractivity contribution in [2.24, 2.45) is 11.8 Å². The van der Waals surface area contributed by atoms with Gasteiger partial charge in [0.15, 0.2) is 0 Å². The molecule has 1 rings (SSSR count). The van der Waals surface area contributed by atoms with Crippen LogP contribution in [0.15, 0.2) is 0 Å². The lowest BCUT2D eigenvalue weighted by atomic mass is 9.80. The summed E-state index contributed by atoms with van der Waals surface area (Å²) >= 11 is 0. The highest BCUT2D eigenvalue weighted by Crippen LogP contribution is 2.28. The molecule has 20 heavy (non-hydrogen) atoms. The van der Waals surface area contributed by atoms with Gasteiger partial charge >= 0.3 is 12.0 Å². The summed E-state index contributed by atoms with van der Waals surface area (Å²) in [5.41, 5.74) is 0. The Morgan fingerprint density at radius 3 is 2.35 bits per heavy atom. The molecule has 1 saturated carbocycles. The first kappa shape index (κ1) is 16.8. The summed E-state index contributed by atoms with van der Waals surface area (Å²) in [6.45, 7) is 4.61. The van der Waals surface area contributed by atoms with Crippen LogP contribution < -0.4 is 10.6 Å². The summed E-state index contributed by atoms with van der Waals surface area (Å²) in [6, 6.07) is -0.0436. The smallest absolute Gasteiger partial charge is 0.315 e. The molecule has 6 nitrogen and oxygen atoms in total. The van der Waals surface area contributed by atoms with E-state index in [1.54, 1.807) is 0 Å². The molecule has 0 aromatic carbocycles. The van der Waals surface area contributed by atoms with E-state index in [0.717, 1.165) is 12.8 Å². The maximum Gasteiger partial charge on any atom is 0.315 e. The lowest BCUT2D eigenvalue weighted by Gasteiger charge is -2.32. The standard InChI is InChI=1S/C14H26N2O4/c1-9-4-10(2)6-11(5-9)16-14(19)15-8-12(20-3)7-13(17)18/h9-12H,4-8H2,1-3H3,(H,17,18)(H2,15,16,19). The molecular weight excluding hydrogens is 260 g/mol. The number of ether oxygens (including phenoxy) is 1. The summed E-state index contributed by atoms with van der Waals surface area (Å²) in [4.78, 5) is 22.4. The highest BCUT2D eigenvalue weighted by atomic mass is 16.5. The van der Waals surface area contributed by atoms with Crippen LogP contribution in [0.3, 0.4) is 0 Å². The zero-order valence-electron chi connectivity index (χ0n) is 12.5. The average molecular weight is 286 g/mol. The molecule has 6 heteroatoms. The summed E-state index contributed by atoms with van der Waals surface area (Å²) in [6.07, 6.45) is 2.60. The zero-order valence-corrected chi connectivity index (χ0v) is 12.5. The molecule has 0 radical (unpaired) electrons. The van der Waals surface area contributed by atoms with Crippen LogP contribution in [0.4, 0.5) is 4.79 Å². The van der Waals surface area contributed by atoms with Crippen molar-refractivity contribution in [3.8, 4) is 0 Å². The van der Waals surface area contributed by atoms with E-state index in [1.807, 2.05) is 0 Å². The minimum Gasteiger partial charge on any atom is -0.481 e. The fourth-order valence-corrected chi connectivity index (χ4v) is 2.94. The van der Waals surface area contributed by atoms with Gasteiger partial charge in [0.05, 0.1) is 12.5 Å². The molecule has 0 saturated heterocycles. The van der Waals surface area contributed by atoms with Gasteiger partial charge in [0.1, 0.15) is 0 Å². The highest BCUT2D eigenvalue weighted by molar-refractivity contribution is 5.74. The Bertz CT molecular complexity index is 325. The Hall–Kier alpha value is -1.30. The van der Waals surface area contributed by atoms with E-state index in [1.165, 1.54) is 13.5 Å². The van der Waals surface area contributed by atoms with Gasteiger partial charge in [0.25, 0.3) is 0 Å². The molecule has 1 aliphatic rings. The lowest BCUT2D eigenvalue weighted by Crippen LogP contribution is -2.47. The van der Waals surface area contributed by atoms with Crippen LogP contribution in [0, 0.1) is 11.8 Å².